The van der Waals surface area contributed by atoms with Crippen LogP contribution in [-0.4, -0.2) is 12.0 Å². The molecule has 0 N–H and O–H groups in total. The van der Waals surface area contributed by atoms with Gasteiger partial charge in [-0.15, -0.1) is 4.99 Å². The Labute approximate surface area is 59.5 Å². The smallest absolute Gasteiger partial charge is 0.267 e. The fourth-order valence-electron chi connectivity index (χ4n) is 0.433. The number of unbranched alkanes of at least 4 members (excludes halogenated alkanes) is 1. The molecular weight excluding hydrogens is 130 g/mol. The highest BCUT2D eigenvalue weighted by atomic mass is 16.2. The molecule has 3 nitrogen and oxygen atoms in total. The number of carbonyl (C=O) groups excluding carboxylic acids is 2. The minimum atomic E-state index is -0.538. The van der Waals surface area contributed by atoms with Gasteiger partial charge in [-0.3, -0.25) is 4.79 Å². The van der Waals surface area contributed by atoms with Gasteiger partial charge in [-0.25, -0.2) is 4.79 Å². The molecule has 0 aliphatic rings. The van der Waals surface area contributed by atoms with E-state index in [2.05, 4.69) is 4.99 Å². The van der Waals surface area contributed by atoms with Crippen molar-refractivity contribution >= 4 is 12.0 Å². The standard InChI is InChI=1S/C7H9NO2/c1-2-3-4-5-7(10)8-6-9/h4-5H,2-3H2,1H3. The Morgan fingerprint density at radius 2 is 2.40 bits per heavy atom. The fourth-order valence-corrected chi connectivity index (χ4v) is 0.433. The van der Waals surface area contributed by atoms with Gasteiger partial charge in [0.1, 0.15) is 0 Å². The maximum atomic E-state index is 10.4. The van der Waals surface area contributed by atoms with Gasteiger partial charge in [-0.2, -0.15) is 0 Å². The lowest BCUT2D eigenvalue weighted by Gasteiger charge is -1.79. The topological polar surface area (TPSA) is 46.5 Å². The molecule has 0 heterocycles. The second kappa shape index (κ2) is 5.92. The van der Waals surface area contributed by atoms with Gasteiger partial charge in [0, 0.05) is 6.08 Å². The molecule has 0 spiro atoms. The summed E-state index contributed by atoms with van der Waals surface area (Å²) in [6.45, 7) is 2.00. The van der Waals surface area contributed by atoms with Crippen molar-refractivity contribution in [3.05, 3.63) is 12.2 Å². The lowest BCUT2D eigenvalue weighted by atomic mass is 10.3. The highest BCUT2D eigenvalue weighted by Crippen LogP contribution is 1.88. The summed E-state index contributed by atoms with van der Waals surface area (Å²) in [4.78, 5) is 22.8. The zero-order valence-corrected chi connectivity index (χ0v) is 5.83. The van der Waals surface area contributed by atoms with Crippen LogP contribution in [0, 0.1) is 0 Å². The largest absolute Gasteiger partial charge is 0.280 e. The normalized spacial score (nSPS) is 9.30. The van der Waals surface area contributed by atoms with Crippen molar-refractivity contribution in [1.29, 1.82) is 0 Å². The molecule has 54 valence electrons. The summed E-state index contributed by atoms with van der Waals surface area (Å²) in [5.41, 5.74) is 0. The maximum Gasteiger partial charge on any atom is 0.280 e. The van der Waals surface area contributed by atoms with Crippen molar-refractivity contribution in [2.24, 2.45) is 4.99 Å². The van der Waals surface area contributed by atoms with Gasteiger partial charge < -0.3 is 0 Å². The first-order valence-electron chi connectivity index (χ1n) is 3.09. The zero-order chi connectivity index (χ0) is 7.82. The fraction of sp³-hybridized carbons (Fsp3) is 0.429. The van der Waals surface area contributed by atoms with Crippen LogP contribution in [0.15, 0.2) is 17.1 Å². The number of rotatable bonds is 3. The van der Waals surface area contributed by atoms with E-state index < -0.39 is 5.91 Å². The van der Waals surface area contributed by atoms with Crippen molar-refractivity contribution in [1.82, 2.24) is 0 Å². The van der Waals surface area contributed by atoms with Crippen molar-refractivity contribution in [2.45, 2.75) is 19.8 Å². The zero-order valence-electron chi connectivity index (χ0n) is 5.83. The number of hydrogen-bond acceptors (Lipinski definition) is 2. The van der Waals surface area contributed by atoms with Gasteiger partial charge in [-0.05, 0) is 6.42 Å². The average molecular weight is 139 g/mol. The molecule has 0 aromatic rings. The molecule has 0 bridgehead atoms. The number of carbonyl (C=O) groups is 1. The predicted molar refractivity (Wildman–Crippen MR) is 37.2 cm³/mol. The Hall–Kier alpha value is -1.21. The predicted octanol–water partition coefficient (Wildman–Crippen LogP) is 1.21. The van der Waals surface area contributed by atoms with Crippen molar-refractivity contribution in [2.75, 3.05) is 0 Å². The van der Waals surface area contributed by atoms with E-state index in [-0.39, 0.29) is 0 Å². The molecule has 0 atom stereocenters. The van der Waals surface area contributed by atoms with Crippen LogP contribution in [0.3, 0.4) is 0 Å². The van der Waals surface area contributed by atoms with Crippen LogP contribution in [0.1, 0.15) is 19.8 Å². The molecule has 0 saturated heterocycles. The van der Waals surface area contributed by atoms with Crippen LogP contribution in [0.2, 0.25) is 0 Å². The summed E-state index contributed by atoms with van der Waals surface area (Å²) < 4.78 is 0. The van der Waals surface area contributed by atoms with Gasteiger partial charge in [0.25, 0.3) is 5.91 Å². The number of allylic oxidation sites excluding steroid dienone is 1. The van der Waals surface area contributed by atoms with Crippen LogP contribution in [0.4, 0.5) is 0 Å². The summed E-state index contributed by atoms with van der Waals surface area (Å²) >= 11 is 0. The van der Waals surface area contributed by atoms with Crippen molar-refractivity contribution < 1.29 is 9.59 Å². The summed E-state index contributed by atoms with van der Waals surface area (Å²) in [5, 5.41) is 0. The van der Waals surface area contributed by atoms with E-state index in [1.165, 1.54) is 12.2 Å². The number of nitrogens with zero attached hydrogens (tertiary/aromatic N) is 1. The first-order valence-corrected chi connectivity index (χ1v) is 3.09. The molecule has 0 aliphatic heterocycles. The molecule has 0 fully saturated rings. The summed E-state index contributed by atoms with van der Waals surface area (Å²) in [6, 6.07) is 0. The number of aliphatic imine (C=N–C) groups is 1. The third kappa shape index (κ3) is 4.94. The Morgan fingerprint density at radius 1 is 1.70 bits per heavy atom. The van der Waals surface area contributed by atoms with Crippen molar-refractivity contribution in [3.8, 4) is 0 Å². The van der Waals surface area contributed by atoms with E-state index >= 15 is 0 Å². The van der Waals surface area contributed by atoms with Crippen molar-refractivity contribution in [3.63, 3.8) is 0 Å². The molecular formula is C7H9NO2. The molecule has 0 radical (unpaired) electrons. The van der Waals surface area contributed by atoms with Crippen LogP contribution < -0.4 is 0 Å². The SMILES string of the molecule is CCCC=CC(=O)N=C=O. The van der Waals surface area contributed by atoms with Gasteiger partial charge >= 0.3 is 0 Å². The van der Waals surface area contributed by atoms with E-state index in [9.17, 15) is 9.59 Å². The summed E-state index contributed by atoms with van der Waals surface area (Å²) in [7, 11) is 0. The summed E-state index contributed by atoms with van der Waals surface area (Å²) in [5.74, 6) is -0.538. The lowest BCUT2D eigenvalue weighted by Crippen LogP contribution is -1.83. The second-order valence-electron chi connectivity index (χ2n) is 1.73. The van der Waals surface area contributed by atoms with E-state index in [0.717, 1.165) is 12.8 Å². The highest BCUT2D eigenvalue weighted by Gasteiger charge is 1.86. The molecule has 3 heteroatoms. The molecule has 0 aliphatic carbocycles. The Balaban J connectivity index is 3.66. The Morgan fingerprint density at radius 3 is 2.90 bits per heavy atom. The van der Waals surface area contributed by atoms with Crippen LogP contribution in [0.25, 0.3) is 0 Å². The quantitative estimate of drug-likeness (QED) is 0.335. The maximum absolute atomic E-state index is 10.4. The number of hydrogen-bond donors (Lipinski definition) is 0. The minimum absolute atomic E-state index is 0.538. The van der Waals surface area contributed by atoms with E-state index in [4.69, 9.17) is 0 Å². The number of amides is 1. The Kier molecular flexibility index (Phi) is 5.20. The molecule has 0 unspecified atom stereocenters. The lowest BCUT2D eigenvalue weighted by molar-refractivity contribution is -0.113. The first kappa shape index (κ1) is 8.79. The molecule has 0 saturated carbocycles. The summed E-state index contributed by atoms with van der Waals surface area (Å²) in [6.07, 6.45) is 5.94. The molecule has 10 heavy (non-hydrogen) atoms. The minimum Gasteiger partial charge on any atom is -0.267 e. The second-order valence-corrected chi connectivity index (χ2v) is 1.73. The molecule has 0 aromatic carbocycles. The molecule has 1 amide bonds. The first-order chi connectivity index (χ1) is 4.81. The molecule has 0 aromatic heterocycles. The van der Waals surface area contributed by atoms with E-state index in [1.807, 2.05) is 6.92 Å². The average Bonchev–Trinajstić information content (AvgIpc) is 1.89. The Bertz CT molecular complexity index is 178. The molecule has 0 rings (SSSR count). The van der Waals surface area contributed by atoms with Gasteiger partial charge in [0.05, 0.1) is 0 Å². The third-order valence-corrected chi connectivity index (χ3v) is 0.872. The van der Waals surface area contributed by atoms with Crippen LogP contribution in [-0.2, 0) is 9.59 Å². The van der Waals surface area contributed by atoms with Gasteiger partial charge in [0.15, 0.2) is 0 Å². The van der Waals surface area contributed by atoms with E-state index in [0.29, 0.717) is 0 Å². The monoisotopic (exact) mass is 139 g/mol. The van der Waals surface area contributed by atoms with E-state index in [1.54, 1.807) is 6.08 Å². The van der Waals surface area contributed by atoms with Gasteiger partial charge in [-0.1, -0.05) is 19.4 Å². The van der Waals surface area contributed by atoms with Crippen LogP contribution >= 0.6 is 0 Å². The van der Waals surface area contributed by atoms with Gasteiger partial charge in [0.2, 0.25) is 6.08 Å². The third-order valence-electron chi connectivity index (χ3n) is 0.872. The van der Waals surface area contributed by atoms with Crippen LogP contribution in [0.5, 0.6) is 0 Å². The number of isocyanates is 1. The highest BCUT2D eigenvalue weighted by molar-refractivity contribution is 5.91.